The van der Waals surface area contributed by atoms with Crippen LogP contribution in [0.1, 0.15) is 16.7 Å². The van der Waals surface area contributed by atoms with Crippen molar-refractivity contribution >= 4 is 11.6 Å². The average Bonchev–Trinajstić information content (AvgIpc) is 2.35. The third kappa shape index (κ3) is 3.32. The Morgan fingerprint density at radius 3 is 2.24 bits per heavy atom. The highest BCUT2D eigenvalue weighted by atomic mass is 35.5. The first kappa shape index (κ1) is 12.2. The lowest BCUT2D eigenvalue weighted by Gasteiger charge is -2.09. The van der Waals surface area contributed by atoms with E-state index in [9.17, 15) is 0 Å². The molecule has 88 valence electrons. The number of hydrogen-bond acceptors (Lipinski definition) is 1. The maximum Gasteiger partial charge on any atom is 0.0406 e. The van der Waals surface area contributed by atoms with Crippen molar-refractivity contribution in [2.75, 3.05) is 7.05 Å². The molecule has 0 spiro atoms. The van der Waals surface area contributed by atoms with Gasteiger partial charge < -0.3 is 5.32 Å². The van der Waals surface area contributed by atoms with E-state index in [-0.39, 0.29) is 0 Å². The molecule has 0 bridgehead atoms. The van der Waals surface area contributed by atoms with Crippen LogP contribution < -0.4 is 5.32 Å². The van der Waals surface area contributed by atoms with Crippen LogP contribution in [0.4, 0.5) is 0 Å². The molecule has 0 unspecified atom stereocenters. The quantitative estimate of drug-likeness (QED) is 0.867. The Labute approximate surface area is 107 Å². The summed E-state index contributed by atoms with van der Waals surface area (Å²) in [4.78, 5) is 0. The minimum atomic E-state index is 0.789. The standard InChI is InChI=1S/C15H16ClN/c1-17-11-14-5-3-2-4-13(14)10-12-6-8-15(16)9-7-12/h2-9,17H,10-11H2,1H3. The summed E-state index contributed by atoms with van der Waals surface area (Å²) in [6.07, 6.45) is 0.953. The van der Waals surface area contributed by atoms with E-state index in [1.807, 2.05) is 19.2 Å². The Balaban J connectivity index is 2.20. The Morgan fingerprint density at radius 2 is 1.59 bits per heavy atom. The average molecular weight is 246 g/mol. The second kappa shape index (κ2) is 5.85. The highest BCUT2D eigenvalue weighted by Gasteiger charge is 2.02. The van der Waals surface area contributed by atoms with Gasteiger partial charge in [0.1, 0.15) is 0 Å². The van der Waals surface area contributed by atoms with Gasteiger partial charge in [-0.25, -0.2) is 0 Å². The molecule has 17 heavy (non-hydrogen) atoms. The maximum absolute atomic E-state index is 5.89. The topological polar surface area (TPSA) is 12.0 Å². The smallest absolute Gasteiger partial charge is 0.0406 e. The molecule has 1 nitrogen and oxygen atoms in total. The van der Waals surface area contributed by atoms with Crippen molar-refractivity contribution in [3.63, 3.8) is 0 Å². The minimum absolute atomic E-state index is 0.789. The van der Waals surface area contributed by atoms with Gasteiger partial charge in [0.05, 0.1) is 0 Å². The molecule has 0 aromatic heterocycles. The van der Waals surface area contributed by atoms with Crippen LogP contribution >= 0.6 is 11.6 Å². The van der Waals surface area contributed by atoms with Crippen LogP contribution in [0.5, 0.6) is 0 Å². The largest absolute Gasteiger partial charge is 0.316 e. The van der Waals surface area contributed by atoms with Crippen LogP contribution in [0.15, 0.2) is 48.5 Å². The van der Waals surface area contributed by atoms with E-state index in [2.05, 4.69) is 41.7 Å². The summed E-state index contributed by atoms with van der Waals surface area (Å²) < 4.78 is 0. The van der Waals surface area contributed by atoms with Gasteiger partial charge in [0.15, 0.2) is 0 Å². The summed E-state index contributed by atoms with van der Waals surface area (Å²) in [5.74, 6) is 0. The van der Waals surface area contributed by atoms with Crippen molar-refractivity contribution in [1.82, 2.24) is 5.32 Å². The summed E-state index contributed by atoms with van der Waals surface area (Å²) >= 11 is 5.89. The number of rotatable bonds is 4. The van der Waals surface area contributed by atoms with E-state index in [1.165, 1.54) is 16.7 Å². The summed E-state index contributed by atoms with van der Waals surface area (Å²) in [6, 6.07) is 16.6. The normalized spacial score (nSPS) is 10.5. The van der Waals surface area contributed by atoms with Gasteiger partial charge in [0.2, 0.25) is 0 Å². The summed E-state index contributed by atoms with van der Waals surface area (Å²) in [5.41, 5.74) is 4.01. The molecule has 2 aromatic rings. The lowest BCUT2D eigenvalue weighted by atomic mass is 10.00. The zero-order valence-electron chi connectivity index (χ0n) is 9.91. The summed E-state index contributed by atoms with van der Waals surface area (Å²) in [5, 5.41) is 3.99. The maximum atomic E-state index is 5.89. The molecule has 0 saturated heterocycles. The van der Waals surface area contributed by atoms with Gasteiger partial charge in [0, 0.05) is 11.6 Å². The fourth-order valence-electron chi connectivity index (χ4n) is 1.92. The molecule has 0 aliphatic heterocycles. The first-order valence-corrected chi connectivity index (χ1v) is 6.13. The molecule has 2 aromatic carbocycles. The SMILES string of the molecule is CNCc1ccccc1Cc1ccc(Cl)cc1. The lowest BCUT2D eigenvalue weighted by molar-refractivity contribution is 0.808. The third-order valence-corrected chi connectivity index (χ3v) is 3.05. The van der Waals surface area contributed by atoms with Crippen molar-refractivity contribution < 1.29 is 0 Å². The van der Waals surface area contributed by atoms with E-state index >= 15 is 0 Å². The number of benzene rings is 2. The zero-order chi connectivity index (χ0) is 12.1. The van der Waals surface area contributed by atoms with E-state index in [1.54, 1.807) is 0 Å². The molecule has 0 saturated carbocycles. The zero-order valence-corrected chi connectivity index (χ0v) is 10.7. The molecular formula is C15H16ClN. The van der Waals surface area contributed by atoms with Gasteiger partial charge in [-0.1, -0.05) is 48.0 Å². The molecular weight excluding hydrogens is 230 g/mol. The molecule has 0 amide bonds. The van der Waals surface area contributed by atoms with Crippen LogP contribution in [0.2, 0.25) is 5.02 Å². The molecule has 0 aliphatic rings. The predicted octanol–water partition coefficient (Wildman–Crippen LogP) is 3.65. The van der Waals surface area contributed by atoms with Gasteiger partial charge in [0.25, 0.3) is 0 Å². The number of hydrogen-bond donors (Lipinski definition) is 1. The molecule has 1 N–H and O–H groups in total. The lowest BCUT2D eigenvalue weighted by Crippen LogP contribution is -2.07. The van der Waals surface area contributed by atoms with Crippen molar-refractivity contribution in [1.29, 1.82) is 0 Å². The summed E-state index contributed by atoms with van der Waals surface area (Å²) in [7, 11) is 1.97. The van der Waals surface area contributed by atoms with Gasteiger partial charge in [-0.05, 0) is 42.3 Å². The van der Waals surface area contributed by atoms with Crippen molar-refractivity contribution in [3.05, 3.63) is 70.2 Å². The molecule has 0 aliphatic carbocycles. The molecule has 0 heterocycles. The van der Waals surface area contributed by atoms with Crippen molar-refractivity contribution in [2.24, 2.45) is 0 Å². The Kier molecular flexibility index (Phi) is 4.18. The van der Waals surface area contributed by atoms with Gasteiger partial charge in [-0.2, -0.15) is 0 Å². The predicted molar refractivity (Wildman–Crippen MR) is 73.5 cm³/mol. The van der Waals surface area contributed by atoms with Gasteiger partial charge in [-0.3, -0.25) is 0 Å². The molecule has 0 atom stereocenters. The van der Waals surface area contributed by atoms with Crippen molar-refractivity contribution in [2.45, 2.75) is 13.0 Å². The van der Waals surface area contributed by atoms with Gasteiger partial charge >= 0.3 is 0 Å². The molecule has 0 radical (unpaired) electrons. The second-order valence-corrected chi connectivity index (χ2v) is 4.54. The summed E-state index contributed by atoms with van der Waals surface area (Å²) in [6.45, 7) is 0.907. The third-order valence-electron chi connectivity index (χ3n) is 2.79. The van der Waals surface area contributed by atoms with E-state index < -0.39 is 0 Å². The highest BCUT2D eigenvalue weighted by Crippen LogP contribution is 2.16. The number of nitrogens with one attached hydrogen (secondary N) is 1. The fourth-order valence-corrected chi connectivity index (χ4v) is 2.04. The Bertz CT molecular complexity index is 477. The first-order chi connectivity index (χ1) is 8.29. The molecule has 2 heteroatoms. The molecule has 2 rings (SSSR count). The van der Waals surface area contributed by atoms with Crippen LogP contribution in [0.25, 0.3) is 0 Å². The Hall–Kier alpha value is -1.31. The van der Waals surface area contributed by atoms with Gasteiger partial charge in [-0.15, -0.1) is 0 Å². The fraction of sp³-hybridized carbons (Fsp3) is 0.200. The Morgan fingerprint density at radius 1 is 0.941 bits per heavy atom. The van der Waals surface area contributed by atoms with Crippen LogP contribution in [0.3, 0.4) is 0 Å². The van der Waals surface area contributed by atoms with E-state index in [0.29, 0.717) is 0 Å². The monoisotopic (exact) mass is 245 g/mol. The van der Waals surface area contributed by atoms with E-state index in [4.69, 9.17) is 11.6 Å². The van der Waals surface area contributed by atoms with Crippen LogP contribution in [-0.2, 0) is 13.0 Å². The van der Waals surface area contributed by atoms with Crippen molar-refractivity contribution in [3.8, 4) is 0 Å². The van der Waals surface area contributed by atoms with E-state index in [0.717, 1.165) is 18.0 Å². The molecule has 0 fully saturated rings. The van der Waals surface area contributed by atoms with Crippen LogP contribution in [0, 0.1) is 0 Å². The number of halogens is 1. The first-order valence-electron chi connectivity index (χ1n) is 5.75. The minimum Gasteiger partial charge on any atom is -0.316 e. The highest BCUT2D eigenvalue weighted by molar-refractivity contribution is 6.30. The second-order valence-electron chi connectivity index (χ2n) is 4.10. The van der Waals surface area contributed by atoms with Crippen LogP contribution in [-0.4, -0.2) is 7.05 Å².